The SMILES string of the molecule is CCN(CC)CC(=O)OC(C(=O)OC1C[N+]2(CCCOc3ccccc3)CCC1CC2)(c1cccs1)c1cccs1. The summed E-state index contributed by atoms with van der Waals surface area (Å²) in [5.41, 5.74) is -1.60. The average molecular weight is 598 g/mol. The molecule has 1 aromatic carbocycles. The lowest BCUT2D eigenvalue weighted by Crippen LogP contribution is -2.65. The van der Waals surface area contributed by atoms with Crippen molar-refractivity contribution >= 4 is 34.6 Å². The summed E-state index contributed by atoms with van der Waals surface area (Å²) in [7, 11) is 0. The van der Waals surface area contributed by atoms with E-state index < -0.39 is 17.5 Å². The van der Waals surface area contributed by atoms with Gasteiger partial charge >= 0.3 is 11.9 Å². The van der Waals surface area contributed by atoms with E-state index in [2.05, 4.69) is 0 Å². The fraction of sp³-hybridized carbons (Fsp3) is 0.500. The van der Waals surface area contributed by atoms with Crippen LogP contribution in [0.1, 0.15) is 42.9 Å². The molecule has 5 heterocycles. The third-order valence-electron chi connectivity index (χ3n) is 8.63. The van der Waals surface area contributed by atoms with Gasteiger partial charge in [-0.25, -0.2) is 4.79 Å². The van der Waals surface area contributed by atoms with E-state index in [1.807, 2.05) is 84.1 Å². The van der Waals surface area contributed by atoms with Gasteiger partial charge in [0, 0.05) is 25.2 Å². The summed E-state index contributed by atoms with van der Waals surface area (Å²) in [6.45, 7) is 10.2. The summed E-state index contributed by atoms with van der Waals surface area (Å²) in [5, 5.41) is 3.82. The number of nitrogens with zero attached hydrogens (tertiary/aromatic N) is 2. The zero-order valence-electron chi connectivity index (χ0n) is 24.0. The van der Waals surface area contributed by atoms with E-state index in [0.717, 1.165) is 68.8 Å². The molecule has 3 fully saturated rings. The van der Waals surface area contributed by atoms with E-state index in [4.69, 9.17) is 14.2 Å². The van der Waals surface area contributed by atoms with Gasteiger partial charge in [-0.1, -0.05) is 44.2 Å². The number of likely N-dealkylation sites (N-methyl/N-ethyl adjacent to an activating group) is 1. The maximum Gasteiger partial charge on any atom is 0.362 e. The Morgan fingerprint density at radius 2 is 1.61 bits per heavy atom. The number of fused-ring (bicyclic) bond motifs is 3. The molecule has 3 aliphatic rings. The van der Waals surface area contributed by atoms with Crippen molar-refractivity contribution < 1.29 is 28.3 Å². The van der Waals surface area contributed by atoms with Crippen molar-refractivity contribution in [3.05, 3.63) is 75.1 Å². The Balaban J connectivity index is 1.32. The fourth-order valence-corrected chi connectivity index (χ4v) is 8.04. The second kappa shape index (κ2) is 13.5. The Kier molecular flexibility index (Phi) is 9.80. The number of hydrogen-bond donors (Lipinski definition) is 0. The molecule has 0 N–H and O–H groups in total. The number of para-hydroxylation sites is 1. The molecule has 3 saturated heterocycles. The van der Waals surface area contributed by atoms with Crippen molar-refractivity contribution in [1.29, 1.82) is 0 Å². The molecule has 220 valence electrons. The number of hydrogen-bond acceptors (Lipinski definition) is 8. The molecule has 7 nitrogen and oxygen atoms in total. The van der Waals surface area contributed by atoms with Crippen LogP contribution >= 0.6 is 22.7 Å². The number of esters is 2. The second-order valence-electron chi connectivity index (χ2n) is 11.1. The number of quaternary nitrogens is 1. The minimum atomic E-state index is -1.60. The minimum absolute atomic E-state index is 0.121. The van der Waals surface area contributed by atoms with E-state index in [1.165, 1.54) is 22.7 Å². The molecule has 3 aliphatic heterocycles. The van der Waals surface area contributed by atoms with Crippen molar-refractivity contribution in [2.75, 3.05) is 52.4 Å². The molecule has 1 unspecified atom stereocenters. The lowest BCUT2D eigenvalue weighted by molar-refractivity contribution is -0.946. The quantitative estimate of drug-likeness (QED) is 0.138. The van der Waals surface area contributed by atoms with Gasteiger partial charge in [0.1, 0.15) is 12.3 Å². The van der Waals surface area contributed by atoms with Crippen molar-refractivity contribution in [3.63, 3.8) is 0 Å². The van der Waals surface area contributed by atoms with Crippen molar-refractivity contribution in [2.24, 2.45) is 5.92 Å². The molecular formula is C32H41N2O5S2+. The van der Waals surface area contributed by atoms with Gasteiger partial charge in [0.2, 0.25) is 0 Å². The molecule has 41 heavy (non-hydrogen) atoms. The van der Waals surface area contributed by atoms with Crippen LogP contribution in [0.5, 0.6) is 5.75 Å². The van der Waals surface area contributed by atoms with Crippen molar-refractivity contribution in [2.45, 2.75) is 44.8 Å². The van der Waals surface area contributed by atoms with Crippen molar-refractivity contribution in [3.8, 4) is 5.75 Å². The molecule has 0 amide bonds. The molecule has 3 aromatic rings. The molecule has 0 spiro atoms. The van der Waals surface area contributed by atoms with Crippen molar-refractivity contribution in [1.82, 2.24) is 4.90 Å². The Bertz CT molecular complexity index is 1200. The van der Waals surface area contributed by atoms with Crippen LogP contribution in [0, 0.1) is 5.92 Å². The van der Waals surface area contributed by atoms with Crippen LogP contribution in [0.4, 0.5) is 0 Å². The zero-order chi connectivity index (χ0) is 28.7. The van der Waals surface area contributed by atoms with E-state index in [0.29, 0.717) is 22.3 Å². The normalized spacial score (nSPS) is 22.0. The summed E-state index contributed by atoms with van der Waals surface area (Å²) in [4.78, 5) is 31.0. The Labute approximate surface area is 251 Å². The van der Waals surface area contributed by atoms with E-state index in [1.54, 1.807) is 0 Å². The summed E-state index contributed by atoms with van der Waals surface area (Å²) in [6, 6.07) is 17.4. The van der Waals surface area contributed by atoms with Crippen LogP contribution in [0.3, 0.4) is 0 Å². The third-order valence-corrected chi connectivity index (χ3v) is 10.6. The molecule has 9 heteroatoms. The molecular weight excluding hydrogens is 556 g/mol. The molecule has 1 atom stereocenters. The molecule has 0 aliphatic carbocycles. The van der Waals surface area contributed by atoms with Gasteiger partial charge in [-0.2, -0.15) is 0 Å². The average Bonchev–Trinajstić information content (AvgIpc) is 3.74. The van der Waals surface area contributed by atoms with Gasteiger partial charge in [0.15, 0.2) is 6.10 Å². The standard InChI is InChI=1S/C32H41N2O5S2/c1-3-33(4-2)23-30(35)39-32(28-13-8-21-40-28,29-14-9-22-41-29)31(36)38-27-24-34(18-15-25(27)16-19-34)17-10-20-37-26-11-6-5-7-12-26/h5-9,11-14,21-22,25,27H,3-4,10,15-20,23-24H2,1-2H3/q+1. The smallest absolute Gasteiger partial charge is 0.362 e. The Morgan fingerprint density at radius 1 is 0.951 bits per heavy atom. The van der Waals surface area contributed by atoms with Gasteiger partial charge in [0.05, 0.1) is 42.5 Å². The first-order valence-corrected chi connectivity index (χ1v) is 16.5. The van der Waals surface area contributed by atoms with Crippen LogP contribution < -0.4 is 4.74 Å². The van der Waals surface area contributed by atoms with E-state index in [-0.39, 0.29) is 12.6 Å². The number of rotatable bonds is 14. The minimum Gasteiger partial charge on any atom is -0.493 e. The Hall–Kier alpha value is -2.72. The van der Waals surface area contributed by atoms with Crippen LogP contribution in [-0.4, -0.2) is 79.8 Å². The third kappa shape index (κ3) is 6.69. The van der Waals surface area contributed by atoms with E-state index >= 15 is 0 Å². The maximum absolute atomic E-state index is 14.4. The molecule has 0 radical (unpaired) electrons. The number of thiophene rings is 2. The highest BCUT2D eigenvalue weighted by Gasteiger charge is 2.54. The predicted molar refractivity (Wildman–Crippen MR) is 162 cm³/mol. The van der Waals surface area contributed by atoms with Crippen LogP contribution in [0.25, 0.3) is 0 Å². The highest BCUT2D eigenvalue weighted by molar-refractivity contribution is 7.12. The summed E-state index contributed by atoms with van der Waals surface area (Å²) in [5.74, 6) is 0.309. The van der Waals surface area contributed by atoms with Gasteiger partial charge < -0.3 is 18.7 Å². The molecule has 0 saturated carbocycles. The number of benzene rings is 1. The Morgan fingerprint density at radius 3 is 2.20 bits per heavy atom. The monoisotopic (exact) mass is 597 g/mol. The summed E-state index contributed by atoms with van der Waals surface area (Å²) in [6.07, 6.45) is 2.80. The lowest BCUT2D eigenvalue weighted by atomic mass is 9.83. The summed E-state index contributed by atoms with van der Waals surface area (Å²) < 4.78 is 19.6. The van der Waals surface area contributed by atoms with Crippen LogP contribution in [-0.2, 0) is 24.7 Å². The fourth-order valence-electron chi connectivity index (χ4n) is 6.25. The summed E-state index contributed by atoms with van der Waals surface area (Å²) >= 11 is 2.83. The lowest BCUT2D eigenvalue weighted by Gasteiger charge is -2.52. The number of carbonyl (C=O) groups is 2. The molecule has 6 rings (SSSR count). The zero-order valence-corrected chi connectivity index (χ0v) is 25.7. The topological polar surface area (TPSA) is 65.1 Å². The van der Waals surface area contributed by atoms with Gasteiger partial charge in [-0.3, -0.25) is 9.69 Å². The van der Waals surface area contributed by atoms with Gasteiger partial charge in [-0.15, -0.1) is 22.7 Å². The first-order valence-electron chi connectivity index (χ1n) is 14.7. The largest absolute Gasteiger partial charge is 0.493 e. The van der Waals surface area contributed by atoms with E-state index in [9.17, 15) is 9.59 Å². The highest BCUT2D eigenvalue weighted by Crippen LogP contribution is 2.43. The van der Waals surface area contributed by atoms with Gasteiger partial charge in [-0.05, 0) is 48.1 Å². The number of piperidine rings is 3. The number of ether oxygens (including phenoxy) is 3. The second-order valence-corrected chi connectivity index (χ2v) is 13.0. The molecule has 2 aromatic heterocycles. The maximum atomic E-state index is 14.4. The van der Waals surface area contributed by atoms with Gasteiger partial charge in [0.25, 0.3) is 5.60 Å². The number of carbonyl (C=O) groups excluding carboxylic acids is 2. The first kappa shape index (κ1) is 29.8. The van der Waals surface area contributed by atoms with Crippen LogP contribution in [0.15, 0.2) is 65.4 Å². The first-order chi connectivity index (χ1) is 20.0. The molecule has 2 bridgehead atoms. The van der Waals surface area contributed by atoms with Crippen LogP contribution in [0.2, 0.25) is 0 Å². The predicted octanol–water partition coefficient (Wildman–Crippen LogP) is 5.56. The highest BCUT2D eigenvalue weighted by atomic mass is 32.1.